The maximum atomic E-state index is 5.27. The van der Waals surface area contributed by atoms with E-state index in [0.717, 1.165) is 19.6 Å². The van der Waals surface area contributed by atoms with Gasteiger partial charge in [0.2, 0.25) is 0 Å². The van der Waals surface area contributed by atoms with E-state index in [2.05, 4.69) is 13.8 Å². The summed E-state index contributed by atoms with van der Waals surface area (Å²) >= 11 is 0. The van der Waals surface area contributed by atoms with Crippen molar-refractivity contribution in [2.75, 3.05) is 20.3 Å². The smallest absolute Gasteiger partial charge is 0.0643 e. The van der Waals surface area contributed by atoms with Crippen LogP contribution in [0.2, 0.25) is 0 Å². The van der Waals surface area contributed by atoms with Gasteiger partial charge in [-0.2, -0.15) is 0 Å². The Balaban J connectivity index is 2.46. The molecular weight excluding hydrogens is 128 g/mol. The molecule has 1 fully saturated rings. The van der Waals surface area contributed by atoms with Crippen LogP contribution in [-0.4, -0.2) is 26.4 Å². The Morgan fingerprint density at radius 2 is 2.20 bits per heavy atom. The highest BCUT2D eigenvalue weighted by Gasteiger charge is 2.42. The van der Waals surface area contributed by atoms with Crippen LogP contribution in [0.4, 0.5) is 0 Å². The molecule has 2 nitrogen and oxygen atoms in total. The minimum absolute atomic E-state index is 0.328. The lowest BCUT2D eigenvalue weighted by Gasteiger charge is -2.44. The van der Waals surface area contributed by atoms with Gasteiger partial charge in [-0.05, 0) is 13.3 Å². The molecule has 0 spiro atoms. The third-order valence-electron chi connectivity index (χ3n) is 2.70. The third kappa shape index (κ3) is 1.06. The second-order valence-corrected chi connectivity index (χ2v) is 3.09. The molecule has 1 atom stereocenters. The summed E-state index contributed by atoms with van der Waals surface area (Å²) in [7, 11) is 1.76. The van der Waals surface area contributed by atoms with Gasteiger partial charge in [0.25, 0.3) is 0 Å². The lowest BCUT2D eigenvalue weighted by atomic mass is 9.78. The predicted molar refractivity (Wildman–Crippen MR) is 40.0 cm³/mol. The van der Waals surface area contributed by atoms with Crippen molar-refractivity contribution in [1.82, 2.24) is 0 Å². The van der Waals surface area contributed by atoms with Crippen LogP contribution in [0.3, 0.4) is 0 Å². The molecule has 0 saturated carbocycles. The molecule has 0 aromatic heterocycles. The highest BCUT2D eigenvalue weighted by atomic mass is 16.5. The second-order valence-electron chi connectivity index (χ2n) is 3.09. The van der Waals surface area contributed by atoms with Gasteiger partial charge >= 0.3 is 0 Å². The molecule has 0 aliphatic carbocycles. The standard InChI is InChI=1S/C8H16O2/c1-4-8(5-10-6-8)7(2)9-3/h7H,4-6H2,1-3H3. The molecule has 10 heavy (non-hydrogen) atoms. The first-order valence-corrected chi connectivity index (χ1v) is 3.86. The molecule has 1 aliphatic heterocycles. The Kier molecular flexibility index (Phi) is 2.32. The van der Waals surface area contributed by atoms with Crippen LogP contribution in [0.25, 0.3) is 0 Å². The summed E-state index contributed by atoms with van der Waals surface area (Å²) in [5.41, 5.74) is 0.328. The van der Waals surface area contributed by atoms with Gasteiger partial charge in [-0.3, -0.25) is 0 Å². The molecular formula is C8H16O2. The van der Waals surface area contributed by atoms with Crippen molar-refractivity contribution in [1.29, 1.82) is 0 Å². The fourth-order valence-electron chi connectivity index (χ4n) is 1.34. The lowest BCUT2D eigenvalue weighted by molar-refractivity contribution is -0.176. The number of hydrogen-bond donors (Lipinski definition) is 0. The van der Waals surface area contributed by atoms with E-state index in [1.807, 2.05) is 0 Å². The molecule has 0 aromatic carbocycles. The maximum Gasteiger partial charge on any atom is 0.0643 e. The first-order chi connectivity index (χ1) is 4.75. The lowest BCUT2D eigenvalue weighted by Crippen LogP contribution is -2.50. The van der Waals surface area contributed by atoms with Gasteiger partial charge in [-0.1, -0.05) is 6.92 Å². The first-order valence-electron chi connectivity index (χ1n) is 3.86. The van der Waals surface area contributed by atoms with E-state index in [-0.39, 0.29) is 0 Å². The molecule has 0 bridgehead atoms. The molecule has 1 saturated heterocycles. The van der Waals surface area contributed by atoms with Gasteiger partial charge in [0.15, 0.2) is 0 Å². The Morgan fingerprint density at radius 1 is 1.60 bits per heavy atom. The first kappa shape index (κ1) is 8.02. The van der Waals surface area contributed by atoms with Crippen LogP contribution in [0.5, 0.6) is 0 Å². The van der Waals surface area contributed by atoms with Gasteiger partial charge in [-0.25, -0.2) is 0 Å². The molecule has 0 N–H and O–H groups in total. The topological polar surface area (TPSA) is 18.5 Å². The van der Waals surface area contributed by atoms with E-state index in [0.29, 0.717) is 11.5 Å². The van der Waals surface area contributed by atoms with E-state index in [1.165, 1.54) is 0 Å². The minimum Gasteiger partial charge on any atom is -0.381 e. The number of ether oxygens (including phenoxy) is 2. The van der Waals surface area contributed by atoms with Crippen LogP contribution in [0.1, 0.15) is 20.3 Å². The van der Waals surface area contributed by atoms with Crippen LogP contribution in [0.15, 0.2) is 0 Å². The largest absolute Gasteiger partial charge is 0.381 e. The zero-order chi connectivity index (χ0) is 7.61. The summed E-state index contributed by atoms with van der Waals surface area (Å²) in [6.07, 6.45) is 1.49. The third-order valence-corrected chi connectivity index (χ3v) is 2.70. The molecule has 0 amide bonds. The van der Waals surface area contributed by atoms with Crippen molar-refractivity contribution in [3.63, 3.8) is 0 Å². The van der Waals surface area contributed by atoms with Crippen molar-refractivity contribution in [3.8, 4) is 0 Å². The van der Waals surface area contributed by atoms with Crippen LogP contribution in [0, 0.1) is 5.41 Å². The highest BCUT2D eigenvalue weighted by molar-refractivity contribution is 4.89. The monoisotopic (exact) mass is 144 g/mol. The SMILES string of the molecule is CCC1(C(C)OC)COC1. The normalized spacial score (nSPS) is 25.5. The summed E-state index contributed by atoms with van der Waals surface area (Å²) < 4.78 is 10.4. The molecule has 0 aromatic rings. The average Bonchev–Trinajstić information content (AvgIpc) is 1.86. The van der Waals surface area contributed by atoms with Crippen molar-refractivity contribution < 1.29 is 9.47 Å². The Hall–Kier alpha value is -0.0800. The number of hydrogen-bond acceptors (Lipinski definition) is 2. The average molecular weight is 144 g/mol. The van der Waals surface area contributed by atoms with E-state index in [4.69, 9.17) is 9.47 Å². The molecule has 60 valence electrons. The summed E-state index contributed by atoms with van der Waals surface area (Å²) in [5.74, 6) is 0. The highest BCUT2D eigenvalue weighted by Crippen LogP contribution is 2.35. The summed E-state index contributed by atoms with van der Waals surface area (Å²) in [6, 6.07) is 0. The fraction of sp³-hybridized carbons (Fsp3) is 1.00. The summed E-state index contributed by atoms with van der Waals surface area (Å²) in [4.78, 5) is 0. The predicted octanol–water partition coefficient (Wildman–Crippen LogP) is 1.45. The second kappa shape index (κ2) is 2.89. The van der Waals surface area contributed by atoms with Crippen molar-refractivity contribution in [3.05, 3.63) is 0 Å². The van der Waals surface area contributed by atoms with Gasteiger partial charge in [0.05, 0.1) is 19.3 Å². The van der Waals surface area contributed by atoms with Crippen molar-refractivity contribution in [2.45, 2.75) is 26.4 Å². The molecule has 1 unspecified atom stereocenters. The van der Waals surface area contributed by atoms with Gasteiger partial charge in [-0.15, -0.1) is 0 Å². The maximum absolute atomic E-state index is 5.27. The van der Waals surface area contributed by atoms with E-state index in [9.17, 15) is 0 Å². The summed E-state index contributed by atoms with van der Waals surface area (Å²) in [6.45, 7) is 6.06. The van der Waals surface area contributed by atoms with Crippen LogP contribution < -0.4 is 0 Å². The fourth-order valence-corrected chi connectivity index (χ4v) is 1.34. The quantitative estimate of drug-likeness (QED) is 0.597. The van der Waals surface area contributed by atoms with Gasteiger partial charge in [0.1, 0.15) is 0 Å². The molecule has 1 rings (SSSR count). The van der Waals surface area contributed by atoms with E-state index in [1.54, 1.807) is 7.11 Å². The van der Waals surface area contributed by atoms with Gasteiger partial charge < -0.3 is 9.47 Å². The zero-order valence-corrected chi connectivity index (χ0v) is 7.02. The Bertz CT molecular complexity index is 102. The van der Waals surface area contributed by atoms with Crippen LogP contribution >= 0.6 is 0 Å². The molecule has 1 aliphatic rings. The Labute approximate surface area is 62.5 Å². The molecule has 0 radical (unpaired) electrons. The zero-order valence-electron chi connectivity index (χ0n) is 7.02. The molecule has 1 heterocycles. The van der Waals surface area contributed by atoms with Crippen molar-refractivity contribution >= 4 is 0 Å². The number of methoxy groups -OCH3 is 1. The van der Waals surface area contributed by atoms with E-state index < -0.39 is 0 Å². The number of rotatable bonds is 3. The Morgan fingerprint density at radius 3 is 2.30 bits per heavy atom. The van der Waals surface area contributed by atoms with Crippen molar-refractivity contribution in [2.24, 2.45) is 5.41 Å². The minimum atomic E-state index is 0.328. The van der Waals surface area contributed by atoms with Crippen LogP contribution in [-0.2, 0) is 9.47 Å². The van der Waals surface area contributed by atoms with E-state index >= 15 is 0 Å². The van der Waals surface area contributed by atoms with Gasteiger partial charge in [0, 0.05) is 12.5 Å². The molecule has 2 heteroatoms. The summed E-state index contributed by atoms with van der Waals surface area (Å²) in [5, 5.41) is 0.